The van der Waals surface area contributed by atoms with Crippen molar-refractivity contribution < 1.29 is 14.3 Å². The van der Waals surface area contributed by atoms with Gasteiger partial charge in [-0.05, 0) is 31.2 Å². The highest BCUT2D eigenvalue weighted by atomic mass is 32.1. The van der Waals surface area contributed by atoms with E-state index >= 15 is 0 Å². The van der Waals surface area contributed by atoms with E-state index in [0.717, 1.165) is 12.3 Å². The number of ether oxygens (including phenoxy) is 1. The predicted molar refractivity (Wildman–Crippen MR) is 79.8 cm³/mol. The van der Waals surface area contributed by atoms with Crippen LogP contribution < -0.4 is 0 Å². The molecule has 0 aliphatic heterocycles. The van der Waals surface area contributed by atoms with Crippen molar-refractivity contribution in [2.45, 2.75) is 26.1 Å². The van der Waals surface area contributed by atoms with E-state index in [0.29, 0.717) is 19.7 Å². The lowest BCUT2D eigenvalue weighted by molar-refractivity contribution is 0.0325. The summed E-state index contributed by atoms with van der Waals surface area (Å²) in [4.78, 5) is 4.77. The maximum Gasteiger partial charge on any atom is 0.117 e. The van der Waals surface area contributed by atoms with Crippen molar-refractivity contribution in [1.82, 2.24) is 4.90 Å². The molecule has 0 fully saturated rings. The summed E-state index contributed by atoms with van der Waals surface area (Å²) in [6.07, 6.45) is 1.19. The van der Waals surface area contributed by atoms with Crippen molar-refractivity contribution in [1.29, 1.82) is 0 Å². The van der Waals surface area contributed by atoms with Crippen molar-refractivity contribution in [2.24, 2.45) is 0 Å². The Bertz CT molecular complexity index is 495. The fourth-order valence-electron chi connectivity index (χ4n) is 2.14. The van der Waals surface area contributed by atoms with Crippen molar-refractivity contribution in [3.8, 4) is 0 Å². The topological polar surface area (TPSA) is 45.8 Å². The Morgan fingerprint density at radius 1 is 1.35 bits per heavy atom. The lowest BCUT2D eigenvalue weighted by Crippen LogP contribution is -2.33. The molecule has 1 unspecified atom stereocenters. The van der Waals surface area contributed by atoms with E-state index < -0.39 is 6.10 Å². The maximum absolute atomic E-state index is 9.94. The molecule has 2 aromatic rings. The van der Waals surface area contributed by atoms with Crippen LogP contribution in [0.3, 0.4) is 0 Å². The fraction of sp³-hybridized carbons (Fsp3) is 0.467. The van der Waals surface area contributed by atoms with Crippen LogP contribution in [0.2, 0.25) is 0 Å². The molecule has 2 rings (SSSR count). The Morgan fingerprint density at radius 3 is 2.80 bits per heavy atom. The van der Waals surface area contributed by atoms with E-state index in [2.05, 4.69) is 24.0 Å². The van der Waals surface area contributed by atoms with Crippen molar-refractivity contribution >= 4 is 11.3 Å². The zero-order chi connectivity index (χ0) is 14.4. The summed E-state index contributed by atoms with van der Waals surface area (Å²) in [6, 6.07) is 8.10. The summed E-state index contributed by atoms with van der Waals surface area (Å²) in [5.74, 6) is 0.905. The third-order valence-electron chi connectivity index (χ3n) is 2.96. The second-order valence-corrected chi connectivity index (χ2v) is 6.24. The first-order valence-electron chi connectivity index (χ1n) is 6.64. The van der Waals surface area contributed by atoms with E-state index in [9.17, 15) is 5.11 Å². The molecule has 0 aromatic carbocycles. The number of aryl methyl sites for hydroxylation is 1. The summed E-state index contributed by atoms with van der Waals surface area (Å²) in [6.45, 7) is 4.50. The SMILES string of the molecule is COCC(O)CN(Cc1ccco1)Cc1ccc(C)s1. The van der Waals surface area contributed by atoms with E-state index in [-0.39, 0.29) is 0 Å². The van der Waals surface area contributed by atoms with Gasteiger partial charge < -0.3 is 14.3 Å². The Morgan fingerprint density at radius 2 is 2.20 bits per heavy atom. The predicted octanol–water partition coefficient (Wildman–Crippen LogP) is 2.66. The molecule has 0 radical (unpaired) electrons. The van der Waals surface area contributed by atoms with Gasteiger partial charge in [-0.15, -0.1) is 11.3 Å². The van der Waals surface area contributed by atoms with Crippen molar-refractivity contribution in [3.05, 3.63) is 46.0 Å². The van der Waals surface area contributed by atoms with Gasteiger partial charge in [0.2, 0.25) is 0 Å². The van der Waals surface area contributed by atoms with Gasteiger partial charge in [0, 0.05) is 30.0 Å². The number of furan rings is 1. The molecule has 0 amide bonds. The fourth-order valence-corrected chi connectivity index (χ4v) is 3.07. The molecule has 110 valence electrons. The molecule has 20 heavy (non-hydrogen) atoms. The highest BCUT2D eigenvalue weighted by Gasteiger charge is 2.14. The average molecular weight is 295 g/mol. The number of rotatable bonds is 8. The molecular weight excluding hydrogens is 274 g/mol. The quantitative estimate of drug-likeness (QED) is 0.813. The molecule has 0 spiro atoms. The van der Waals surface area contributed by atoms with E-state index in [1.54, 1.807) is 24.7 Å². The first-order chi connectivity index (χ1) is 9.67. The van der Waals surface area contributed by atoms with Crippen LogP contribution in [0.4, 0.5) is 0 Å². The Balaban J connectivity index is 1.98. The first kappa shape index (κ1) is 15.3. The lowest BCUT2D eigenvalue weighted by atomic mass is 10.3. The Kier molecular flexibility index (Phi) is 5.79. The third kappa shape index (κ3) is 4.76. The Hall–Kier alpha value is -1.14. The maximum atomic E-state index is 9.94. The van der Waals surface area contributed by atoms with Crippen LogP contribution in [0.25, 0.3) is 0 Å². The minimum atomic E-state index is -0.490. The number of thiophene rings is 1. The van der Waals surface area contributed by atoms with Gasteiger partial charge >= 0.3 is 0 Å². The minimum Gasteiger partial charge on any atom is -0.468 e. The zero-order valence-electron chi connectivity index (χ0n) is 11.9. The lowest BCUT2D eigenvalue weighted by Gasteiger charge is -2.23. The molecule has 2 heterocycles. The number of aliphatic hydroxyl groups is 1. The molecule has 4 nitrogen and oxygen atoms in total. The Labute approximate surface area is 123 Å². The number of hydrogen-bond acceptors (Lipinski definition) is 5. The molecule has 1 N–H and O–H groups in total. The van der Waals surface area contributed by atoms with E-state index in [1.165, 1.54) is 9.75 Å². The third-order valence-corrected chi connectivity index (χ3v) is 3.95. The minimum absolute atomic E-state index is 0.345. The summed E-state index contributed by atoms with van der Waals surface area (Å²) in [5, 5.41) is 9.94. The molecule has 1 atom stereocenters. The van der Waals surface area contributed by atoms with Crippen molar-refractivity contribution in [2.75, 3.05) is 20.3 Å². The molecule has 0 aliphatic carbocycles. The molecule has 0 aliphatic rings. The zero-order valence-corrected chi connectivity index (χ0v) is 12.7. The van der Waals surface area contributed by atoms with E-state index in [4.69, 9.17) is 9.15 Å². The van der Waals surface area contributed by atoms with Gasteiger partial charge in [0.05, 0.1) is 25.5 Å². The van der Waals surface area contributed by atoms with Gasteiger partial charge in [-0.3, -0.25) is 4.90 Å². The van der Waals surface area contributed by atoms with Gasteiger partial charge in [0.1, 0.15) is 5.76 Å². The highest BCUT2D eigenvalue weighted by molar-refractivity contribution is 7.11. The number of methoxy groups -OCH3 is 1. The van der Waals surface area contributed by atoms with Gasteiger partial charge in [0.15, 0.2) is 0 Å². The average Bonchev–Trinajstić information content (AvgIpc) is 3.01. The highest BCUT2D eigenvalue weighted by Crippen LogP contribution is 2.18. The molecule has 2 aromatic heterocycles. The van der Waals surface area contributed by atoms with E-state index in [1.807, 2.05) is 12.1 Å². The summed E-state index contributed by atoms with van der Waals surface area (Å²) in [5.41, 5.74) is 0. The van der Waals surface area contributed by atoms with Crippen LogP contribution in [0.5, 0.6) is 0 Å². The van der Waals surface area contributed by atoms with Gasteiger partial charge in [-0.1, -0.05) is 0 Å². The molecule has 5 heteroatoms. The summed E-state index contributed by atoms with van der Waals surface area (Å²) in [7, 11) is 1.60. The van der Waals surface area contributed by atoms with Crippen LogP contribution in [0, 0.1) is 6.92 Å². The van der Waals surface area contributed by atoms with Crippen LogP contribution in [0.1, 0.15) is 15.5 Å². The smallest absolute Gasteiger partial charge is 0.117 e. The van der Waals surface area contributed by atoms with Crippen LogP contribution >= 0.6 is 11.3 Å². The molecule has 0 saturated heterocycles. The number of hydrogen-bond donors (Lipinski definition) is 1. The van der Waals surface area contributed by atoms with Crippen LogP contribution in [-0.4, -0.2) is 36.4 Å². The van der Waals surface area contributed by atoms with Crippen molar-refractivity contribution in [3.63, 3.8) is 0 Å². The number of aliphatic hydroxyl groups excluding tert-OH is 1. The normalized spacial score (nSPS) is 13.0. The van der Waals surface area contributed by atoms with Crippen LogP contribution in [0.15, 0.2) is 34.9 Å². The largest absolute Gasteiger partial charge is 0.468 e. The van der Waals surface area contributed by atoms with Gasteiger partial charge in [0.25, 0.3) is 0 Å². The second kappa shape index (κ2) is 7.59. The standard InChI is InChI=1S/C15H21NO3S/c1-12-5-6-15(20-12)10-16(8-13(17)11-18-2)9-14-4-3-7-19-14/h3-7,13,17H,8-11H2,1-2H3. The first-order valence-corrected chi connectivity index (χ1v) is 7.46. The molecular formula is C15H21NO3S. The van der Waals surface area contributed by atoms with Gasteiger partial charge in [-0.25, -0.2) is 0 Å². The summed E-state index contributed by atoms with van der Waals surface area (Å²) < 4.78 is 10.4. The second-order valence-electron chi connectivity index (χ2n) is 4.87. The van der Waals surface area contributed by atoms with Gasteiger partial charge in [-0.2, -0.15) is 0 Å². The number of nitrogens with zero attached hydrogens (tertiary/aromatic N) is 1. The summed E-state index contributed by atoms with van der Waals surface area (Å²) >= 11 is 1.78. The molecule has 0 saturated carbocycles. The monoisotopic (exact) mass is 295 g/mol. The van der Waals surface area contributed by atoms with Crippen LogP contribution in [-0.2, 0) is 17.8 Å². The molecule has 0 bridgehead atoms.